The second-order valence-electron chi connectivity index (χ2n) is 6.36. The number of carbonyl (C=O) groups is 1. The van der Waals surface area contributed by atoms with Gasteiger partial charge in [-0.2, -0.15) is 0 Å². The van der Waals surface area contributed by atoms with Crippen LogP contribution in [0.25, 0.3) is 10.6 Å². The molecule has 2 unspecified atom stereocenters. The van der Waals surface area contributed by atoms with Crippen LogP contribution in [0.1, 0.15) is 42.1 Å². The molecule has 0 spiro atoms. The first kappa shape index (κ1) is 23.7. The lowest BCUT2D eigenvalue weighted by molar-refractivity contribution is 0.0923. The van der Waals surface area contributed by atoms with Crippen LogP contribution < -0.4 is 15.4 Å². The minimum Gasteiger partial charge on any atom is -0.494 e. The summed E-state index contributed by atoms with van der Waals surface area (Å²) in [4.78, 5) is 18.0. The predicted octanol–water partition coefficient (Wildman–Crippen LogP) is 4.23. The Morgan fingerprint density at radius 2 is 2.04 bits per heavy atom. The topological polar surface area (TPSA) is 63.2 Å². The molecular formula is C19H27Cl2N3O2S. The zero-order chi connectivity index (χ0) is 17.8. The van der Waals surface area contributed by atoms with Gasteiger partial charge in [0.15, 0.2) is 0 Å². The summed E-state index contributed by atoms with van der Waals surface area (Å²) in [5.41, 5.74) is 1.78. The van der Waals surface area contributed by atoms with Crippen molar-refractivity contribution in [1.82, 2.24) is 15.6 Å². The molecule has 3 rings (SSSR count). The van der Waals surface area contributed by atoms with Gasteiger partial charge in [0.1, 0.15) is 15.6 Å². The van der Waals surface area contributed by atoms with Crippen LogP contribution in [-0.4, -0.2) is 36.1 Å². The van der Waals surface area contributed by atoms with E-state index in [1.807, 2.05) is 38.1 Å². The quantitative estimate of drug-likeness (QED) is 0.742. The number of amides is 1. The van der Waals surface area contributed by atoms with Crippen LogP contribution >= 0.6 is 36.2 Å². The molecular weight excluding hydrogens is 405 g/mol. The summed E-state index contributed by atoms with van der Waals surface area (Å²) in [5.74, 6) is 0.823. The van der Waals surface area contributed by atoms with Gasteiger partial charge in [0.2, 0.25) is 0 Å². The van der Waals surface area contributed by atoms with Crippen molar-refractivity contribution in [1.29, 1.82) is 0 Å². The summed E-state index contributed by atoms with van der Waals surface area (Å²) >= 11 is 1.45. The Bertz CT molecular complexity index is 737. The Balaban J connectivity index is 0.00000182. The van der Waals surface area contributed by atoms with E-state index in [9.17, 15) is 4.79 Å². The van der Waals surface area contributed by atoms with Crippen LogP contribution in [0.4, 0.5) is 0 Å². The number of hydrogen-bond acceptors (Lipinski definition) is 5. The molecule has 1 fully saturated rings. The second-order valence-corrected chi connectivity index (χ2v) is 7.35. The van der Waals surface area contributed by atoms with Gasteiger partial charge < -0.3 is 15.4 Å². The highest BCUT2D eigenvalue weighted by Gasteiger charge is 2.25. The number of halogens is 2. The first-order valence-electron chi connectivity index (χ1n) is 8.83. The van der Waals surface area contributed by atoms with Gasteiger partial charge in [-0.25, -0.2) is 4.98 Å². The number of aryl methyl sites for hydroxylation is 1. The number of rotatable bonds is 5. The van der Waals surface area contributed by atoms with Crippen molar-refractivity contribution in [3.8, 4) is 16.3 Å². The molecule has 0 aliphatic carbocycles. The molecule has 1 aromatic heterocycles. The van der Waals surface area contributed by atoms with Crippen LogP contribution in [0.2, 0.25) is 0 Å². The first-order valence-corrected chi connectivity index (χ1v) is 9.65. The maximum Gasteiger partial charge on any atom is 0.263 e. The Labute approximate surface area is 177 Å². The zero-order valence-corrected chi connectivity index (χ0v) is 18.2. The lowest BCUT2D eigenvalue weighted by Gasteiger charge is -2.30. The summed E-state index contributed by atoms with van der Waals surface area (Å²) < 4.78 is 5.47. The Hall–Kier alpha value is -1.34. The third kappa shape index (κ3) is 5.82. The van der Waals surface area contributed by atoms with Crippen molar-refractivity contribution in [2.24, 2.45) is 0 Å². The van der Waals surface area contributed by atoms with E-state index in [-0.39, 0.29) is 36.8 Å². The third-order valence-electron chi connectivity index (χ3n) is 4.49. The highest BCUT2D eigenvalue weighted by atomic mass is 35.5. The largest absolute Gasteiger partial charge is 0.494 e. The third-order valence-corrected chi connectivity index (χ3v) is 5.70. The first-order chi connectivity index (χ1) is 12.1. The number of thiazole rings is 1. The number of nitrogens with one attached hydrogen (secondary N) is 2. The average Bonchev–Trinajstić information content (AvgIpc) is 3.00. The molecule has 1 aliphatic rings. The van der Waals surface area contributed by atoms with Crippen molar-refractivity contribution < 1.29 is 9.53 Å². The van der Waals surface area contributed by atoms with E-state index in [1.165, 1.54) is 11.3 Å². The van der Waals surface area contributed by atoms with E-state index in [0.717, 1.165) is 41.4 Å². The molecule has 2 N–H and O–H groups in total. The SMILES string of the molecule is CCOc1ccc(-c2nc(C)c(C(=O)NC3CCCNC3C)s2)cc1.Cl.Cl. The summed E-state index contributed by atoms with van der Waals surface area (Å²) in [7, 11) is 0. The minimum absolute atomic E-state index is 0. The van der Waals surface area contributed by atoms with E-state index in [1.54, 1.807) is 0 Å². The highest BCUT2D eigenvalue weighted by molar-refractivity contribution is 7.17. The van der Waals surface area contributed by atoms with Crippen molar-refractivity contribution in [3.63, 3.8) is 0 Å². The Kier molecular flexibility index (Phi) is 9.53. The fraction of sp³-hybridized carbons (Fsp3) is 0.474. The van der Waals surface area contributed by atoms with Gasteiger partial charge in [-0.1, -0.05) is 0 Å². The zero-order valence-electron chi connectivity index (χ0n) is 15.8. The van der Waals surface area contributed by atoms with Crippen molar-refractivity contribution in [3.05, 3.63) is 34.8 Å². The van der Waals surface area contributed by atoms with Crippen LogP contribution in [-0.2, 0) is 0 Å². The molecule has 5 nitrogen and oxygen atoms in total. The highest BCUT2D eigenvalue weighted by Crippen LogP contribution is 2.29. The van der Waals surface area contributed by atoms with E-state index < -0.39 is 0 Å². The van der Waals surface area contributed by atoms with Gasteiger partial charge in [0, 0.05) is 17.6 Å². The van der Waals surface area contributed by atoms with E-state index in [2.05, 4.69) is 22.5 Å². The molecule has 1 aromatic carbocycles. The number of carbonyl (C=O) groups excluding carboxylic acids is 1. The summed E-state index contributed by atoms with van der Waals surface area (Å²) in [6.07, 6.45) is 2.11. The maximum absolute atomic E-state index is 12.7. The van der Waals surface area contributed by atoms with Crippen molar-refractivity contribution >= 4 is 42.1 Å². The Morgan fingerprint density at radius 3 is 2.67 bits per heavy atom. The molecule has 1 amide bonds. The van der Waals surface area contributed by atoms with E-state index in [0.29, 0.717) is 17.5 Å². The number of ether oxygens (including phenoxy) is 1. The van der Waals surface area contributed by atoms with Crippen molar-refractivity contribution in [2.75, 3.05) is 13.2 Å². The molecule has 0 saturated carbocycles. The number of aromatic nitrogens is 1. The maximum atomic E-state index is 12.7. The van der Waals surface area contributed by atoms with Gasteiger partial charge in [0.05, 0.1) is 12.3 Å². The van der Waals surface area contributed by atoms with Gasteiger partial charge in [-0.3, -0.25) is 4.79 Å². The molecule has 150 valence electrons. The molecule has 1 aliphatic heterocycles. The van der Waals surface area contributed by atoms with Gasteiger partial charge in [-0.05, 0) is 64.4 Å². The van der Waals surface area contributed by atoms with Crippen LogP contribution in [0.15, 0.2) is 24.3 Å². The number of nitrogens with zero attached hydrogens (tertiary/aromatic N) is 1. The van der Waals surface area contributed by atoms with Gasteiger partial charge in [-0.15, -0.1) is 36.2 Å². The molecule has 2 aromatic rings. The van der Waals surface area contributed by atoms with E-state index in [4.69, 9.17) is 4.74 Å². The van der Waals surface area contributed by atoms with Crippen LogP contribution in [0.3, 0.4) is 0 Å². The molecule has 0 bridgehead atoms. The Morgan fingerprint density at radius 1 is 1.33 bits per heavy atom. The monoisotopic (exact) mass is 431 g/mol. The van der Waals surface area contributed by atoms with Crippen LogP contribution in [0.5, 0.6) is 5.75 Å². The molecule has 0 radical (unpaired) electrons. The summed E-state index contributed by atoms with van der Waals surface area (Å²) in [6.45, 7) is 7.65. The number of piperidine rings is 1. The lowest BCUT2D eigenvalue weighted by atomic mass is 10.00. The smallest absolute Gasteiger partial charge is 0.263 e. The van der Waals surface area contributed by atoms with Gasteiger partial charge in [0.25, 0.3) is 5.91 Å². The van der Waals surface area contributed by atoms with Crippen molar-refractivity contribution in [2.45, 2.75) is 45.7 Å². The molecule has 8 heteroatoms. The molecule has 2 heterocycles. The fourth-order valence-corrected chi connectivity index (χ4v) is 4.04. The normalized spacial score (nSPS) is 18.8. The molecule has 27 heavy (non-hydrogen) atoms. The standard InChI is InChI=1S/C19H25N3O2S.2ClH/c1-4-24-15-9-7-14(8-10-15)19-21-13(3)17(25-19)18(23)22-16-6-5-11-20-12(16)2;;/h7-10,12,16,20H,4-6,11H2,1-3H3,(H,22,23);2*1H. The predicted molar refractivity (Wildman–Crippen MR) is 116 cm³/mol. The minimum atomic E-state index is -0.0206. The van der Waals surface area contributed by atoms with Gasteiger partial charge >= 0.3 is 0 Å². The number of hydrogen-bond donors (Lipinski definition) is 2. The fourth-order valence-electron chi connectivity index (χ4n) is 3.07. The second kappa shape index (κ2) is 10.9. The van der Waals surface area contributed by atoms with E-state index >= 15 is 0 Å². The summed E-state index contributed by atoms with van der Waals surface area (Å²) in [6, 6.07) is 8.32. The molecule has 2 atom stereocenters. The van der Waals surface area contributed by atoms with Crippen LogP contribution in [0, 0.1) is 6.92 Å². The lowest BCUT2D eigenvalue weighted by Crippen LogP contribution is -2.51. The molecule has 1 saturated heterocycles. The number of benzene rings is 1. The summed E-state index contributed by atoms with van der Waals surface area (Å²) in [5, 5.41) is 7.44. The average molecular weight is 432 g/mol.